The zero-order valence-corrected chi connectivity index (χ0v) is 20.5. The molecular weight excluding hydrogens is 470 g/mol. The van der Waals surface area contributed by atoms with E-state index in [0.29, 0.717) is 33.8 Å². The molecule has 4 rings (SSSR count). The molecule has 0 aliphatic carbocycles. The molecule has 0 unspecified atom stereocenters. The van der Waals surface area contributed by atoms with E-state index in [4.69, 9.17) is 0 Å². The van der Waals surface area contributed by atoms with Gasteiger partial charge in [0, 0.05) is 40.8 Å². The molecule has 0 bridgehead atoms. The average molecular weight is 496 g/mol. The molecule has 0 atom stereocenters. The highest BCUT2D eigenvalue weighted by atomic mass is 16.1. The maximum Gasteiger partial charge on any atom is 0.251 e. The van der Waals surface area contributed by atoms with Gasteiger partial charge in [-0.15, -0.1) is 0 Å². The minimum atomic E-state index is -0.184. The van der Waals surface area contributed by atoms with Crippen LogP contribution in [-0.4, -0.2) is 39.5 Å². The zero-order valence-electron chi connectivity index (χ0n) is 20.5. The second kappa shape index (κ2) is 11.1. The molecule has 3 aromatic carbocycles. The third-order valence-electron chi connectivity index (χ3n) is 5.36. The number of hydrogen-bond acceptors (Lipinski definition) is 9. The first-order valence-electron chi connectivity index (χ1n) is 11.4. The topological polar surface area (TPSA) is 138 Å². The highest BCUT2D eigenvalue weighted by Gasteiger charge is 2.10. The van der Waals surface area contributed by atoms with Crippen LogP contribution < -0.4 is 21.3 Å². The molecule has 10 nitrogen and oxygen atoms in total. The van der Waals surface area contributed by atoms with Crippen molar-refractivity contribution in [2.45, 2.75) is 13.8 Å². The van der Waals surface area contributed by atoms with Crippen molar-refractivity contribution in [3.63, 3.8) is 0 Å². The van der Waals surface area contributed by atoms with Gasteiger partial charge in [0.2, 0.25) is 17.8 Å². The molecule has 1 amide bonds. The van der Waals surface area contributed by atoms with Crippen molar-refractivity contribution in [2.24, 2.45) is 0 Å². The van der Waals surface area contributed by atoms with Crippen LogP contribution in [0.1, 0.15) is 44.9 Å². The normalized spacial score (nSPS) is 10.4. The number of Topliss-reactive ketones (excluding diaryl/α,β-unsaturated/α-hetero) is 2. The van der Waals surface area contributed by atoms with Crippen molar-refractivity contribution in [2.75, 3.05) is 23.0 Å². The van der Waals surface area contributed by atoms with E-state index in [1.165, 1.54) is 13.8 Å². The Hall–Kier alpha value is -5.12. The Morgan fingerprint density at radius 1 is 0.514 bits per heavy atom. The van der Waals surface area contributed by atoms with Crippen molar-refractivity contribution < 1.29 is 14.4 Å². The van der Waals surface area contributed by atoms with E-state index < -0.39 is 0 Å². The summed E-state index contributed by atoms with van der Waals surface area (Å²) in [4.78, 5) is 48.3. The fraction of sp³-hybridized carbons (Fsp3) is 0.111. The molecular formula is C27H25N7O3. The highest BCUT2D eigenvalue weighted by Crippen LogP contribution is 2.22. The van der Waals surface area contributed by atoms with E-state index in [1.807, 2.05) is 0 Å². The number of aromatic nitrogens is 3. The largest absolute Gasteiger partial charge is 0.355 e. The Labute approximate surface area is 213 Å². The van der Waals surface area contributed by atoms with Gasteiger partial charge in [0.1, 0.15) is 0 Å². The number of amides is 1. The summed E-state index contributed by atoms with van der Waals surface area (Å²) in [6.07, 6.45) is 0. The summed E-state index contributed by atoms with van der Waals surface area (Å²) in [5.41, 5.74) is 3.77. The van der Waals surface area contributed by atoms with Gasteiger partial charge in [-0.05, 0) is 86.6 Å². The zero-order chi connectivity index (χ0) is 26.4. The maximum atomic E-state index is 11.8. The summed E-state index contributed by atoms with van der Waals surface area (Å²) < 4.78 is 0. The first-order chi connectivity index (χ1) is 17.8. The molecule has 0 aliphatic heterocycles. The van der Waals surface area contributed by atoms with Crippen molar-refractivity contribution in [3.8, 4) is 0 Å². The molecule has 0 spiro atoms. The van der Waals surface area contributed by atoms with Gasteiger partial charge in [0.15, 0.2) is 11.6 Å². The van der Waals surface area contributed by atoms with Gasteiger partial charge in [-0.25, -0.2) is 0 Å². The number of nitrogens with one attached hydrogen (secondary N) is 4. The van der Waals surface area contributed by atoms with Crippen molar-refractivity contribution in [1.29, 1.82) is 0 Å². The van der Waals surface area contributed by atoms with Crippen LogP contribution in [0.15, 0.2) is 72.8 Å². The lowest BCUT2D eigenvalue weighted by atomic mass is 10.1. The molecule has 10 heteroatoms. The molecule has 1 aromatic heterocycles. The minimum Gasteiger partial charge on any atom is -0.355 e. The maximum absolute atomic E-state index is 11.8. The first-order valence-corrected chi connectivity index (χ1v) is 11.4. The molecule has 186 valence electrons. The summed E-state index contributed by atoms with van der Waals surface area (Å²) in [6, 6.07) is 20.8. The molecule has 37 heavy (non-hydrogen) atoms. The Morgan fingerprint density at radius 3 is 1.08 bits per heavy atom. The second-order valence-electron chi connectivity index (χ2n) is 8.10. The number of rotatable bonds is 9. The minimum absolute atomic E-state index is 0.0251. The smallest absolute Gasteiger partial charge is 0.251 e. The molecule has 1 heterocycles. The van der Waals surface area contributed by atoms with Gasteiger partial charge in [-0.3, -0.25) is 14.4 Å². The van der Waals surface area contributed by atoms with Crippen LogP contribution in [0.3, 0.4) is 0 Å². The molecule has 0 saturated carbocycles. The Kier molecular flexibility index (Phi) is 7.48. The first kappa shape index (κ1) is 25.0. The monoisotopic (exact) mass is 495 g/mol. The number of anilines is 6. The number of ketones is 2. The van der Waals surface area contributed by atoms with Gasteiger partial charge in [-0.2, -0.15) is 15.0 Å². The highest BCUT2D eigenvalue weighted by molar-refractivity contribution is 5.95. The molecule has 4 N–H and O–H groups in total. The Balaban J connectivity index is 1.62. The van der Waals surface area contributed by atoms with E-state index >= 15 is 0 Å². The van der Waals surface area contributed by atoms with E-state index in [1.54, 1.807) is 79.8 Å². The SMILES string of the molecule is CNC(=O)c1ccc(Nc2nc(Nc3ccc(C(C)=O)cc3)nc(Nc3ccc(C(C)=O)cc3)n2)cc1. The van der Waals surface area contributed by atoms with Gasteiger partial charge >= 0.3 is 0 Å². The summed E-state index contributed by atoms with van der Waals surface area (Å²) >= 11 is 0. The molecule has 0 aliphatic rings. The fourth-order valence-corrected chi connectivity index (χ4v) is 3.36. The number of carbonyl (C=O) groups is 3. The third kappa shape index (κ3) is 6.51. The number of hydrogen-bond donors (Lipinski definition) is 4. The van der Waals surface area contributed by atoms with E-state index in [9.17, 15) is 14.4 Å². The second-order valence-corrected chi connectivity index (χ2v) is 8.10. The molecule has 0 radical (unpaired) electrons. The van der Waals surface area contributed by atoms with Crippen LogP contribution in [0.2, 0.25) is 0 Å². The Bertz CT molecular complexity index is 1360. The molecule has 0 saturated heterocycles. The average Bonchev–Trinajstić information content (AvgIpc) is 2.89. The fourth-order valence-electron chi connectivity index (χ4n) is 3.36. The standard InChI is InChI=1S/C27H25N7O3/c1-16(35)18-4-10-21(11-5-18)29-25-32-26(30-22-12-6-19(7-13-22)17(2)36)34-27(33-25)31-23-14-8-20(9-15-23)24(37)28-3/h4-15H,1-3H3,(H,28,37)(H3,29,30,31,32,33,34). The van der Waals surface area contributed by atoms with Crippen LogP contribution in [0.4, 0.5) is 34.9 Å². The van der Waals surface area contributed by atoms with E-state index in [0.717, 1.165) is 0 Å². The van der Waals surface area contributed by atoms with Gasteiger partial charge in [-0.1, -0.05) is 0 Å². The summed E-state index contributed by atoms with van der Waals surface area (Å²) in [7, 11) is 1.57. The van der Waals surface area contributed by atoms with Crippen LogP contribution >= 0.6 is 0 Å². The van der Waals surface area contributed by atoms with Crippen molar-refractivity contribution in [1.82, 2.24) is 20.3 Å². The summed E-state index contributed by atoms with van der Waals surface area (Å²) in [5.74, 6) is 0.548. The number of nitrogens with zero attached hydrogens (tertiary/aromatic N) is 3. The van der Waals surface area contributed by atoms with Gasteiger partial charge < -0.3 is 21.3 Å². The number of benzene rings is 3. The number of carbonyl (C=O) groups excluding carboxylic acids is 3. The lowest BCUT2D eigenvalue weighted by Gasteiger charge is -2.12. The predicted molar refractivity (Wildman–Crippen MR) is 142 cm³/mol. The molecule has 0 fully saturated rings. The van der Waals surface area contributed by atoms with Crippen LogP contribution in [0.5, 0.6) is 0 Å². The van der Waals surface area contributed by atoms with E-state index in [2.05, 4.69) is 36.2 Å². The Morgan fingerprint density at radius 2 is 0.811 bits per heavy atom. The van der Waals surface area contributed by atoms with Crippen molar-refractivity contribution in [3.05, 3.63) is 89.5 Å². The lowest BCUT2D eigenvalue weighted by Crippen LogP contribution is -2.17. The molecule has 4 aromatic rings. The van der Waals surface area contributed by atoms with Crippen LogP contribution in [0.25, 0.3) is 0 Å². The van der Waals surface area contributed by atoms with Crippen molar-refractivity contribution >= 4 is 52.4 Å². The van der Waals surface area contributed by atoms with Gasteiger partial charge in [0.05, 0.1) is 0 Å². The quantitative estimate of drug-likeness (QED) is 0.240. The van der Waals surface area contributed by atoms with E-state index in [-0.39, 0.29) is 35.3 Å². The predicted octanol–water partition coefficient (Wildman–Crippen LogP) is 4.87. The van der Waals surface area contributed by atoms with Crippen LogP contribution in [0, 0.1) is 0 Å². The van der Waals surface area contributed by atoms with Crippen LogP contribution in [-0.2, 0) is 0 Å². The summed E-state index contributed by atoms with van der Waals surface area (Å²) in [6.45, 7) is 3.02. The lowest BCUT2D eigenvalue weighted by molar-refractivity contribution is 0.0961. The summed E-state index contributed by atoms with van der Waals surface area (Å²) in [5, 5.41) is 12.0. The van der Waals surface area contributed by atoms with Gasteiger partial charge in [0.25, 0.3) is 5.91 Å². The third-order valence-corrected chi connectivity index (χ3v) is 5.36.